The molecule has 144 valence electrons. The topological polar surface area (TPSA) is 62.1 Å². The third kappa shape index (κ3) is 5.86. The number of halogens is 2. The highest BCUT2D eigenvalue weighted by Crippen LogP contribution is 2.23. The lowest BCUT2D eigenvalue weighted by Gasteiger charge is -2.10. The third-order valence-electron chi connectivity index (χ3n) is 3.95. The number of amides is 1. The number of carbonyl (C=O) groups excluding carboxylic acids is 1. The SMILES string of the molecule is N#C/C(=C\c1ccccc1OCc1cccc(Cl)c1)C(=O)Nc1cccc(Cl)c1. The lowest BCUT2D eigenvalue weighted by molar-refractivity contribution is -0.112. The van der Waals surface area contributed by atoms with Crippen LogP contribution in [0, 0.1) is 11.3 Å². The van der Waals surface area contributed by atoms with Gasteiger partial charge in [-0.2, -0.15) is 5.26 Å². The second-order valence-electron chi connectivity index (χ2n) is 6.09. The molecule has 0 aliphatic carbocycles. The molecule has 0 aliphatic rings. The smallest absolute Gasteiger partial charge is 0.266 e. The van der Waals surface area contributed by atoms with Crippen molar-refractivity contribution in [3.8, 4) is 11.8 Å². The van der Waals surface area contributed by atoms with Crippen LogP contribution in [0.5, 0.6) is 5.75 Å². The van der Waals surface area contributed by atoms with Crippen LogP contribution in [0.1, 0.15) is 11.1 Å². The molecule has 0 heterocycles. The Kier molecular flexibility index (Phi) is 6.91. The van der Waals surface area contributed by atoms with Crippen molar-refractivity contribution in [2.75, 3.05) is 5.32 Å². The summed E-state index contributed by atoms with van der Waals surface area (Å²) in [5, 5.41) is 13.2. The normalized spacial score (nSPS) is 10.9. The summed E-state index contributed by atoms with van der Waals surface area (Å²) in [4.78, 5) is 12.5. The Bertz CT molecular complexity index is 1100. The Hall–Kier alpha value is -3.26. The highest BCUT2D eigenvalue weighted by Gasteiger charge is 2.11. The van der Waals surface area contributed by atoms with Gasteiger partial charge in [0.15, 0.2) is 0 Å². The Labute approximate surface area is 179 Å². The van der Waals surface area contributed by atoms with Gasteiger partial charge in [0.25, 0.3) is 5.91 Å². The second-order valence-corrected chi connectivity index (χ2v) is 6.96. The van der Waals surface area contributed by atoms with E-state index >= 15 is 0 Å². The molecule has 0 aromatic heterocycles. The summed E-state index contributed by atoms with van der Waals surface area (Å²) in [7, 11) is 0. The lowest BCUT2D eigenvalue weighted by atomic mass is 10.1. The van der Waals surface area contributed by atoms with Gasteiger partial charge in [0, 0.05) is 21.3 Å². The molecule has 0 atom stereocenters. The molecule has 0 spiro atoms. The molecule has 6 heteroatoms. The van der Waals surface area contributed by atoms with Crippen LogP contribution in [-0.2, 0) is 11.4 Å². The van der Waals surface area contributed by atoms with Gasteiger partial charge >= 0.3 is 0 Å². The summed E-state index contributed by atoms with van der Waals surface area (Å²) in [6.07, 6.45) is 1.49. The zero-order valence-corrected chi connectivity index (χ0v) is 16.7. The molecular formula is C23H16Cl2N2O2. The van der Waals surface area contributed by atoms with E-state index in [-0.39, 0.29) is 5.57 Å². The van der Waals surface area contributed by atoms with Gasteiger partial charge in [0.1, 0.15) is 24.0 Å². The number of para-hydroxylation sites is 1. The van der Waals surface area contributed by atoms with Crippen LogP contribution in [-0.4, -0.2) is 5.91 Å². The van der Waals surface area contributed by atoms with E-state index in [1.165, 1.54) is 6.08 Å². The van der Waals surface area contributed by atoms with Crippen LogP contribution in [0.4, 0.5) is 5.69 Å². The fourth-order valence-electron chi connectivity index (χ4n) is 2.59. The van der Waals surface area contributed by atoms with E-state index in [1.807, 2.05) is 36.4 Å². The average molecular weight is 423 g/mol. The van der Waals surface area contributed by atoms with Crippen molar-refractivity contribution < 1.29 is 9.53 Å². The van der Waals surface area contributed by atoms with E-state index in [9.17, 15) is 10.1 Å². The number of rotatable bonds is 6. The number of nitriles is 1. The Morgan fingerprint density at radius 3 is 2.45 bits per heavy atom. The molecule has 0 bridgehead atoms. The van der Waals surface area contributed by atoms with E-state index in [0.29, 0.717) is 33.7 Å². The van der Waals surface area contributed by atoms with E-state index in [0.717, 1.165) is 5.56 Å². The van der Waals surface area contributed by atoms with Gasteiger partial charge in [-0.05, 0) is 48.0 Å². The first-order valence-corrected chi connectivity index (χ1v) is 9.46. The maximum absolute atomic E-state index is 12.5. The highest BCUT2D eigenvalue weighted by atomic mass is 35.5. The fourth-order valence-corrected chi connectivity index (χ4v) is 2.99. The van der Waals surface area contributed by atoms with Crippen LogP contribution in [0.25, 0.3) is 6.08 Å². The minimum Gasteiger partial charge on any atom is -0.488 e. The molecule has 29 heavy (non-hydrogen) atoms. The molecule has 0 radical (unpaired) electrons. The molecule has 0 saturated carbocycles. The second kappa shape index (κ2) is 9.79. The number of hydrogen-bond acceptors (Lipinski definition) is 3. The molecule has 4 nitrogen and oxygen atoms in total. The van der Waals surface area contributed by atoms with Gasteiger partial charge < -0.3 is 10.1 Å². The minimum absolute atomic E-state index is 0.0521. The molecule has 0 unspecified atom stereocenters. The average Bonchev–Trinajstić information content (AvgIpc) is 2.71. The molecule has 1 N–H and O–H groups in total. The predicted octanol–water partition coefficient (Wildman–Crippen LogP) is 6.12. The Balaban J connectivity index is 1.78. The van der Waals surface area contributed by atoms with Gasteiger partial charge in [0.2, 0.25) is 0 Å². The molecule has 3 aromatic rings. The van der Waals surface area contributed by atoms with E-state index < -0.39 is 5.91 Å². The molecular weight excluding hydrogens is 407 g/mol. The van der Waals surface area contributed by atoms with Crippen molar-refractivity contribution in [3.63, 3.8) is 0 Å². The summed E-state index contributed by atoms with van der Waals surface area (Å²) >= 11 is 11.9. The Morgan fingerprint density at radius 1 is 1.00 bits per heavy atom. The number of hydrogen-bond donors (Lipinski definition) is 1. The van der Waals surface area contributed by atoms with Crippen LogP contribution < -0.4 is 10.1 Å². The minimum atomic E-state index is -0.528. The van der Waals surface area contributed by atoms with E-state index in [2.05, 4.69) is 5.32 Å². The zero-order valence-electron chi connectivity index (χ0n) is 15.2. The van der Waals surface area contributed by atoms with Gasteiger partial charge in [-0.1, -0.05) is 59.6 Å². The zero-order chi connectivity index (χ0) is 20.6. The summed E-state index contributed by atoms with van der Waals surface area (Å²) in [5.41, 5.74) is 1.99. The van der Waals surface area contributed by atoms with Crippen LogP contribution in [0.2, 0.25) is 10.0 Å². The fraction of sp³-hybridized carbons (Fsp3) is 0.0435. The molecule has 0 fully saturated rings. The third-order valence-corrected chi connectivity index (χ3v) is 4.42. The lowest BCUT2D eigenvalue weighted by Crippen LogP contribution is -2.13. The first-order chi connectivity index (χ1) is 14.0. The largest absolute Gasteiger partial charge is 0.488 e. The van der Waals surface area contributed by atoms with E-state index in [4.69, 9.17) is 27.9 Å². The maximum Gasteiger partial charge on any atom is 0.266 e. The van der Waals surface area contributed by atoms with E-state index in [1.54, 1.807) is 42.5 Å². The van der Waals surface area contributed by atoms with Crippen LogP contribution >= 0.6 is 23.2 Å². The number of anilines is 1. The maximum atomic E-state index is 12.5. The standard InChI is InChI=1S/C23H16Cl2N2O2/c24-19-7-3-5-16(11-19)15-29-22-10-2-1-6-17(22)12-18(14-26)23(28)27-21-9-4-8-20(25)13-21/h1-13H,15H2,(H,27,28)/b18-12+. The highest BCUT2D eigenvalue weighted by molar-refractivity contribution is 6.31. The van der Waals surface area contributed by atoms with Crippen LogP contribution in [0.3, 0.4) is 0 Å². The summed E-state index contributed by atoms with van der Waals surface area (Å²) in [6, 6.07) is 23.2. The number of carbonyl (C=O) groups is 1. The van der Waals surface area contributed by atoms with Crippen molar-refractivity contribution in [2.24, 2.45) is 0 Å². The van der Waals surface area contributed by atoms with Crippen molar-refractivity contribution in [2.45, 2.75) is 6.61 Å². The summed E-state index contributed by atoms with van der Waals surface area (Å²) < 4.78 is 5.88. The van der Waals surface area contributed by atoms with Gasteiger partial charge in [-0.25, -0.2) is 0 Å². The van der Waals surface area contributed by atoms with Crippen LogP contribution in [0.15, 0.2) is 78.4 Å². The molecule has 0 aliphatic heterocycles. The molecule has 0 saturated heterocycles. The summed E-state index contributed by atoms with van der Waals surface area (Å²) in [5.74, 6) is 0.0233. The Morgan fingerprint density at radius 2 is 1.72 bits per heavy atom. The predicted molar refractivity (Wildman–Crippen MR) is 116 cm³/mol. The number of nitrogens with zero attached hydrogens (tertiary/aromatic N) is 1. The van der Waals surface area contributed by atoms with Crippen molar-refractivity contribution in [1.29, 1.82) is 5.26 Å². The summed E-state index contributed by atoms with van der Waals surface area (Å²) in [6.45, 7) is 0.308. The first kappa shape index (κ1) is 20.5. The van der Waals surface area contributed by atoms with Crippen molar-refractivity contribution >= 4 is 40.9 Å². The van der Waals surface area contributed by atoms with Crippen molar-refractivity contribution in [1.82, 2.24) is 0 Å². The van der Waals surface area contributed by atoms with Gasteiger partial charge in [-0.15, -0.1) is 0 Å². The monoisotopic (exact) mass is 422 g/mol. The van der Waals surface area contributed by atoms with Crippen molar-refractivity contribution in [3.05, 3.63) is 99.5 Å². The number of ether oxygens (including phenoxy) is 1. The quantitative estimate of drug-likeness (QED) is 0.384. The van der Waals surface area contributed by atoms with Gasteiger partial charge in [-0.3, -0.25) is 4.79 Å². The van der Waals surface area contributed by atoms with Gasteiger partial charge in [0.05, 0.1) is 0 Å². The molecule has 3 aromatic carbocycles. The molecule has 1 amide bonds. The number of nitrogens with one attached hydrogen (secondary N) is 1. The number of benzene rings is 3. The first-order valence-electron chi connectivity index (χ1n) is 8.70. The molecule has 3 rings (SSSR count).